The monoisotopic (exact) mass is 219 g/mol. The van der Waals surface area contributed by atoms with Crippen LogP contribution in [0, 0.1) is 0 Å². The third-order valence-corrected chi connectivity index (χ3v) is 3.81. The molecular formula is C16H13N. The van der Waals surface area contributed by atoms with Crippen LogP contribution in [0.15, 0.2) is 55.1 Å². The van der Waals surface area contributed by atoms with E-state index >= 15 is 0 Å². The molecule has 0 bridgehead atoms. The van der Waals surface area contributed by atoms with Gasteiger partial charge in [0.2, 0.25) is 0 Å². The van der Waals surface area contributed by atoms with Crippen LogP contribution in [0.25, 0.3) is 16.8 Å². The molecule has 2 aliphatic rings. The Kier molecular flexibility index (Phi) is 1.60. The van der Waals surface area contributed by atoms with Gasteiger partial charge in [0.15, 0.2) is 0 Å². The van der Waals surface area contributed by atoms with Crippen molar-refractivity contribution in [2.75, 3.05) is 6.54 Å². The molecule has 0 radical (unpaired) electrons. The van der Waals surface area contributed by atoms with Crippen molar-refractivity contribution in [3.63, 3.8) is 0 Å². The van der Waals surface area contributed by atoms with Crippen LogP contribution in [-0.2, 0) is 0 Å². The van der Waals surface area contributed by atoms with Crippen molar-refractivity contribution in [2.45, 2.75) is 6.04 Å². The minimum absolute atomic E-state index is 0.547. The molecule has 2 aromatic rings. The van der Waals surface area contributed by atoms with Crippen LogP contribution < -0.4 is 0 Å². The van der Waals surface area contributed by atoms with E-state index in [0.29, 0.717) is 6.04 Å². The first kappa shape index (κ1) is 9.06. The maximum Gasteiger partial charge on any atom is 0.0724 e. The molecule has 1 unspecified atom stereocenters. The minimum Gasteiger partial charge on any atom is -0.360 e. The summed E-state index contributed by atoms with van der Waals surface area (Å²) >= 11 is 0. The van der Waals surface area contributed by atoms with E-state index in [2.05, 4.69) is 60.0 Å². The van der Waals surface area contributed by atoms with Crippen LogP contribution in [0.4, 0.5) is 0 Å². The van der Waals surface area contributed by atoms with E-state index in [1.165, 1.54) is 28.0 Å². The Hall–Kier alpha value is -2.02. The van der Waals surface area contributed by atoms with Crippen molar-refractivity contribution in [1.29, 1.82) is 0 Å². The molecule has 1 heteroatoms. The number of fused-ring (bicyclic) bond motifs is 5. The number of benzene rings is 2. The Bertz CT molecular complexity index is 627. The minimum atomic E-state index is 0.547. The van der Waals surface area contributed by atoms with Crippen molar-refractivity contribution >= 4 is 5.70 Å². The van der Waals surface area contributed by atoms with Crippen LogP contribution in [0.3, 0.4) is 0 Å². The van der Waals surface area contributed by atoms with E-state index in [0.717, 1.165) is 6.54 Å². The number of hydrogen-bond donors (Lipinski definition) is 0. The van der Waals surface area contributed by atoms with E-state index in [9.17, 15) is 0 Å². The second-order valence-corrected chi connectivity index (χ2v) is 4.75. The highest BCUT2D eigenvalue weighted by atomic mass is 15.3. The summed E-state index contributed by atoms with van der Waals surface area (Å²) in [5.74, 6) is 0. The van der Waals surface area contributed by atoms with Crippen molar-refractivity contribution in [3.8, 4) is 11.1 Å². The highest BCUT2D eigenvalue weighted by molar-refractivity contribution is 5.85. The number of hydrogen-bond acceptors (Lipinski definition) is 1. The Morgan fingerprint density at radius 3 is 2.35 bits per heavy atom. The molecule has 2 heterocycles. The first-order valence-corrected chi connectivity index (χ1v) is 6.00. The SMILES string of the molecule is C=C1c2ccccc2-c2ccccc2C2CN12. The molecule has 0 aliphatic carbocycles. The Labute approximate surface area is 101 Å². The van der Waals surface area contributed by atoms with E-state index in [-0.39, 0.29) is 0 Å². The average Bonchev–Trinajstić information content (AvgIpc) is 3.18. The van der Waals surface area contributed by atoms with Gasteiger partial charge < -0.3 is 4.90 Å². The van der Waals surface area contributed by atoms with Gasteiger partial charge in [-0.1, -0.05) is 55.1 Å². The highest BCUT2D eigenvalue weighted by Gasteiger charge is 2.40. The zero-order valence-electron chi connectivity index (χ0n) is 9.56. The molecule has 1 fully saturated rings. The van der Waals surface area contributed by atoms with Gasteiger partial charge in [-0.05, 0) is 16.7 Å². The summed E-state index contributed by atoms with van der Waals surface area (Å²) in [5, 5.41) is 0. The molecule has 4 rings (SSSR count). The van der Waals surface area contributed by atoms with Crippen molar-refractivity contribution in [3.05, 3.63) is 66.2 Å². The van der Waals surface area contributed by atoms with Crippen LogP contribution in [0.2, 0.25) is 0 Å². The molecule has 82 valence electrons. The molecule has 2 aromatic carbocycles. The van der Waals surface area contributed by atoms with Crippen LogP contribution in [0.1, 0.15) is 17.2 Å². The summed E-state index contributed by atoms with van der Waals surface area (Å²) in [5.41, 5.74) is 6.58. The molecule has 0 N–H and O–H groups in total. The second kappa shape index (κ2) is 3.01. The van der Waals surface area contributed by atoms with Gasteiger partial charge in [0.1, 0.15) is 0 Å². The van der Waals surface area contributed by atoms with Crippen molar-refractivity contribution in [2.24, 2.45) is 0 Å². The van der Waals surface area contributed by atoms with E-state index in [1.54, 1.807) is 0 Å². The van der Waals surface area contributed by atoms with E-state index in [4.69, 9.17) is 0 Å². The van der Waals surface area contributed by atoms with Crippen LogP contribution >= 0.6 is 0 Å². The molecular weight excluding hydrogens is 206 g/mol. The third-order valence-electron chi connectivity index (χ3n) is 3.81. The topological polar surface area (TPSA) is 3.01 Å². The Morgan fingerprint density at radius 2 is 1.53 bits per heavy atom. The summed E-state index contributed by atoms with van der Waals surface area (Å²) < 4.78 is 0. The number of nitrogens with zero attached hydrogens (tertiary/aromatic N) is 1. The lowest BCUT2D eigenvalue weighted by atomic mass is 9.94. The first-order chi connectivity index (χ1) is 8.36. The third kappa shape index (κ3) is 1.14. The normalized spacial score (nSPS) is 20.1. The number of rotatable bonds is 0. The summed E-state index contributed by atoms with van der Waals surface area (Å²) in [6.45, 7) is 5.36. The fourth-order valence-electron chi connectivity index (χ4n) is 2.86. The predicted molar refractivity (Wildman–Crippen MR) is 70.4 cm³/mol. The maximum absolute atomic E-state index is 4.25. The van der Waals surface area contributed by atoms with Gasteiger partial charge in [-0.25, -0.2) is 0 Å². The summed E-state index contributed by atoms with van der Waals surface area (Å²) in [6, 6.07) is 17.8. The smallest absolute Gasteiger partial charge is 0.0724 e. The highest BCUT2D eigenvalue weighted by Crippen LogP contribution is 2.49. The molecule has 17 heavy (non-hydrogen) atoms. The summed E-state index contributed by atoms with van der Waals surface area (Å²) in [7, 11) is 0. The van der Waals surface area contributed by atoms with Crippen molar-refractivity contribution < 1.29 is 0 Å². The van der Waals surface area contributed by atoms with Gasteiger partial charge in [0.05, 0.1) is 6.04 Å². The quantitative estimate of drug-likeness (QED) is 0.611. The average molecular weight is 219 g/mol. The van der Waals surface area contributed by atoms with Gasteiger partial charge in [0.25, 0.3) is 0 Å². The second-order valence-electron chi connectivity index (χ2n) is 4.75. The fourth-order valence-corrected chi connectivity index (χ4v) is 2.86. The maximum atomic E-state index is 4.25. The lowest BCUT2D eigenvalue weighted by Crippen LogP contribution is -1.94. The van der Waals surface area contributed by atoms with Gasteiger partial charge in [0, 0.05) is 17.8 Å². The zero-order chi connectivity index (χ0) is 11.4. The molecule has 1 atom stereocenters. The molecule has 0 spiro atoms. The largest absolute Gasteiger partial charge is 0.360 e. The lowest BCUT2D eigenvalue weighted by molar-refractivity contribution is 0.731. The van der Waals surface area contributed by atoms with Crippen LogP contribution in [0.5, 0.6) is 0 Å². The van der Waals surface area contributed by atoms with E-state index in [1.807, 2.05) is 0 Å². The van der Waals surface area contributed by atoms with Gasteiger partial charge in [-0.3, -0.25) is 0 Å². The van der Waals surface area contributed by atoms with E-state index < -0.39 is 0 Å². The molecule has 1 nitrogen and oxygen atoms in total. The summed E-state index contributed by atoms with van der Waals surface area (Å²) in [6.07, 6.45) is 0. The molecule has 0 saturated carbocycles. The van der Waals surface area contributed by atoms with Gasteiger partial charge in [-0.15, -0.1) is 0 Å². The fraction of sp³-hybridized carbons (Fsp3) is 0.125. The van der Waals surface area contributed by atoms with Crippen molar-refractivity contribution in [1.82, 2.24) is 4.90 Å². The van der Waals surface area contributed by atoms with Crippen LogP contribution in [-0.4, -0.2) is 11.4 Å². The van der Waals surface area contributed by atoms with Gasteiger partial charge >= 0.3 is 0 Å². The Balaban J connectivity index is 2.08. The van der Waals surface area contributed by atoms with Gasteiger partial charge in [-0.2, -0.15) is 0 Å². The predicted octanol–water partition coefficient (Wildman–Crippen LogP) is 3.69. The first-order valence-electron chi connectivity index (χ1n) is 6.00. The Morgan fingerprint density at radius 1 is 0.882 bits per heavy atom. The summed E-state index contributed by atoms with van der Waals surface area (Å²) in [4.78, 5) is 2.38. The molecule has 0 aromatic heterocycles. The zero-order valence-corrected chi connectivity index (χ0v) is 9.56. The molecule has 2 aliphatic heterocycles. The standard InChI is InChI=1S/C16H13N/c1-11-12-6-2-3-7-13(12)14-8-4-5-9-15(14)16-10-17(11)16/h2-9,16H,1,10H2. The molecule has 1 saturated heterocycles. The molecule has 0 amide bonds. The lowest BCUT2D eigenvalue weighted by Gasteiger charge is -2.10.